The second-order valence-electron chi connectivity index (χ2n) is 6.27. The summed E-state index contributed by atoms with van der Waals surface area (Å²) < 4.78 is 4.84. The molecule has 0 aromatic carbocycles. The van der Waals surface area contributed by atoms with Crippen molar-refractivity contribution in [1.82, 2.24) is 0 Å². The van der Waals surface area contributed by atoms with Crippen molar-refractivity contribution in [3.63, 3.8) is 0 Å². The van der Waals surface area contributed by atoms with E-state index in [1.807, 2.05) is 0 Å². The minimum atomic E-state index is -0.321. The molecule has 1 atom stereocenters. The van der Waals surface area contributed by atoms with E-state index in [0.717, 1.165) is 31.1 Å². The fourth-order valence-electron chi connectivity index (χ4n) is 3.01. The number of hydrogen-bond donors (Lipinski definition) is 0. The van der Waals surface area contributed by atoms with Gasteiger partial charge in [0.25, 0.3) is 0 Å². The van der Waals surface area contributed by atoms with Crippen LogP contribution in [-0.2, 0) is 14.3 Å². The van der Waals surface area contributed by atoms with Crippen LogP contribution in [0.25, 0.3) is 0 Å². The summed E-state index contributed by atoms with van der Waals surface area (Å²) in [6.45, 7) is 8.35. The van der Waals surface area contributed by atoms with Crippen LogP contribution in [0, 0.1) is 11.3 Å². The van der Waals surface area contributed by atoms with Crippen molar-refractivity contribution in [2.45, 2.75) is 53.4 Å². The Kier molecular flexibility index (Phi) is 6.18. The minimum absolute atomic E-state index is 0.187. The molecule has 0 heterocycles. The third-order valence-corrected chi connectivity index (χ3v) is 4.25. The Balaban J connectivity index is 2.59. The molecule has 112 valence electrons. The van der Waals surface area contributed by atoms with Crippen LogP contribution >= 0.6 is 0 Å². The number of hydrogen-bond acceptors (Lipinski definition) is 3. The number of esters is 1. The highest BCUT2D eigenvalue weighted by Gasteiger charge is 2.32. The van der Waals surface area contributed by atoms with Gasteiger partial charge in [0.05, 0.1) is 0 Å². The normalized spacial score (nSPS) is 22.1. The quantitative estimate of drug-likeness (QED) is 0.321. The molecule has 0 N–H and O–H groups in total. The zero-order valence-electron chi connectivity index (χ0n) is 13.1. The molecule has 0 bridgehead atoms. The highest BCUT2D eigenvalue weighted by atomic mass is 16.5. The SMILES string of the molecule is CC(=O)OCC=C(C=O)CCC1C(C)=CCCC1(C)C. The van der Waals surface area contributed by atoms with Gasteiger partial charge in [0.15, 0.2) is 0 Å². The topological polar surface area (TPSA) is 43.4 Å². The Bertz CT molecular complexity index is 416. The molecule has 1 rings (SSSR count). The molecular weight excluding hydrogens is 252 g/mol. The number of ether oxygens (including phenoxy) is 1. The van der Waals surface area contributed by atoms with Gasteiger partial charge in [-0.2, -0.15) is 0 Å². The highest BCUT2D eigenvalue weighted by molar-refractivity contribution is 5.73. The third-order valence-electron chi connectivity index (χ3n) is 4.25. The van der Waals surface area contributed by atoms with E-state index in [-0.39, 0.29) is 12.6 Å². The van der Waals surface area contributed by atoms with Crippen molar-refractivity contribution < 1.29 is 14.3 Å². The molecule has 0 aromatic heterocycles. The lowest BCUT2D eigenvalue weighted by Crippen LogP contribution is -2.28. The molecule has 3 heteroatoms. The first kappa shape index (κ1) is 16.7. The molecule has 1 aliphatic rings. The first-order chi connectivity index (χ1) is 9.36. The van der Waals surface area contributed by atoms with Crippen LogP contribution in [0.4, 0.5) is 0 Å². The average molecular weight is 278 g/mol. The van der Waals surface area contributed by atoms with Gasteiger partial charge in [0.2, 0.25) is 0 Å². The van der Waals surface area contributed by atoms with Crippen LogP contribution in [-0.4, -0.2) is 18.9 Å². The summed E-state index contributed by atoms with van der Waals surface area (Å²) in [5.74, 6) is 0.201. The molecule has 1 aliphatic carbocycles. The number of carbonyl (C=O) groups excluding carboxylic acids is 2. The van der Waals surface area contributed by atoms with E-state index < -0.39 is 0 Å². The standard InChI is InChI=1S/C17H26O3/c1-13-6-5-10-17(3,4)16(13)8-7-15(12-18)9-11-20-14(2)19/h6,9,12,16H,5,7-8,10-11H2,1-4H3. The van der Waals surface area contributed by atoms with Gasteiger partial charge in [-0.25, -0.2) is 0 Å². The Morgan fingerprint density at radius 2 is 2.20 bits per heavy atom. The molecule has 20 heavy (non-hydrogen) atoms. The van der Waals surface area contributed by atoms with E-state index in [0.29, 0.717) is 11.3 Å². The zero-order valence-corrected chi connectivity index (χ0v) is 13.1. The largest absolute Gasteiger partial charge is 0.462 e. The molecule has 0 spiro atoms. The monoisotopic (exact) mass is 278 g/mol. The van der Waals surface area contributed by atoms with Gasteiger partial charge in [0, 0.05) is 6.92 Å². The Morgan fingerprint density at radius 3 is 2.75 bits per heavy atom. The maximum Gasteiger partial charge on any atom is 0.302 e. The van der Waals surface area contributed by atoms with E-state index in [9.17, 15) is 9.59 Å². The second-order valence-corrected chi connectivity index (χ2v) is 6.27. The summed E-state index contributed by atoms with van der Waals surface area (Å²) in [6, 6.07) is 0. The molecule has 0 aliphatic heterocycles. The summed E-state index contributed by atoms with van der Waals surface area (Å²) >= 11 is 0. The predicted molar refractivity (Wildman–Crippen MR) is 80.3 cm³/mol. The number of rotatable bonds is 6. The van der Waals surface area contributed by atoms with Crippen molar-refractivity contribution in [3.8, 4) is 0 Å². The maximum absolute atomic E-state index is 11.1. The van der Waals surface area contributed by atoms with Gasteiger partial charge >= 0.3 is 5.97 Å². The van der Waals surface area contributed by atoms with Crippen molar-refractivity contribution in [2.75, 3.05) is 6.61 Å². The fraction of sp³-hybridized carbons (Fsp3) is 0.647. The molecule has 0 amide bonds. The van der Waals surface area contributed by atoms with Crippen LogP contribution < -0.4 is 0 Å². The molecule has 1 unspecified atom stereocenters. The fourth-order valence-corrected chi connectivity index (χ4v) is 3.01. The van der Waals surface area contributed by atoms with Crippen LogP contribution in [0.2, 0.25) is 0 Å². The minimum Gasteiger partial charge on any atom is -0.462 e. The van der Waals surface area contributed by atoms with Gasteiger partial charge in [-0.05, 0) is 55.6 Å². The summed E-state index contributed by atoms with van der Waals surface area (Å²) in [7, 11) is 0. The van der Waals surface area contributed by atoms with E-state index in [1.165, 1.54) is 18.9 Å². The first-order valence-corrected chi connectivity index (χ1v) is 7.31. The smallest absolute Gasteiger partial charge is 0.302 e. The molecule has 0 saturated carbocycles. The van der Waals surface area contributed by atoms with Crippen molar-refractivity contribution in [1.29, 1.82) is 0 Å². The van der Waals surface area contributed by atoms with E-state index >= 15 is 0 Å². The van der Waals surface area contributed by atoms with Crippen LogP contribution in [0.3, 0.4) is 0 Å². The van der Waals surface area contributed by atoms with Crippen LogP contribution in [0.15, 0.2) is 23.3 Å². The molecule has 0 saturated heterocycles. The lowest BCUT2D eigenvalue weighted by atomic mass is 9.67. The van der Waals surface area contributed by atoms with Crippen molar-refractivity contribution >= 4 is 12.3 Å². The van der Waals surface area contributed by atoms with E-state index in [2.05, 4.69) is 26.8 Å². The summed E-state index contributed by atoms with van der Waals surface area (Å²) in [6.07, 6.45) is 8.96. The van der Waals surface area contributed by atoms with Crippen molar-refractivity contribution in [2.24, 2.45) is 11.3 Å². The predicted octanol–water partition coefficient (Wildman–Crippen LogP) is 3.84. The second kappa shape index (κ2) is 7.41. The van der Waals surface area contributed by atoms with Crippen LogP contribution in [0.5, 0.6) is 0 Å². The highest BCUT2D eigenvalue weighted by Crippen LogP contribution is 2.43. The third kappa shape index (κ3) is 4.95. The summed E-state index contributed by atoms with van der Waals surface area (Å²) in [5.41, 5.74) is 2.45. The Hall–Kier alpha value is -1.38. The Morgan fingerprint density at radius 1 is 1.50 bits per heavy atom. The molecule has 0 fully saturated rings. The summed E-state index contributed by atoms with van der Waals surface area (Å²) in [4.78, 5) is 21.8. The van der Waals surface area contributed by atoms with Gasteiger partial charge < -0.3 is 4.74 Å². The lowest BCUT2D eigenvalue weighted by Gasteiger charge is -2.38. The molecular formula is C17H26O3. The summed E-state index contributed by atoms with van der Waals surface area (Å²) in [5, 5.41) is 0. The number of aldehydes is 1. The van der Waals surface area contributed by atoms with Crippen LogP contribution in [0.1, 0.15) is 53.4 Å². The van der Waals surface area contributed by atoms with Gasteiger partial charge in [-0.3, -0.25) is 9.59 Å². The zero-order chi connectivity index (χ0) is 15.2. The average Bonchev–Trinajstić information content (AvgIpc) is 2.34. The lowest BCUT2D eigenvalue weighted by molar-refractivity contribution is -0.139. The van der Waals surface area contributed by atoms with Crippen molar-refractivity contribution in [3.05, 3.63) is 23.3 Å². The van der Waals surface area contributed by atoms with Gasteiger partial charge in [0.1, 0.15) is 12.9 Å². The molecule has 3 nitrogen and oxygen atoms in total. The molecule has 0 aromatic rings. The van der Waals surface area contributed by atoms with Gasteiger partial charge in [-0.1, -0.05) is 25.5 Å². The number of carbonyl (C=O) groups is 2. The van der Waals surface area contributed by atoms with E-state index in [1.54, 1.807) is 6.08 Å². The first-order valence-electron chi connectivity index (χ1n) is 7.31. The van der Waals surface area contributed by atoms with E-state index in [4.69, 9.17) is 4.74 Å². The molecule has 0 radical (unpaired) electrons. The Labute approximate surface area is 122 Å². The number of allylic oxidation sites excluding steroid dienone is 3. The van der Waals surface area contributed by atoms with Gasteiger partial charge in [-0.15, -0.1) is 0 Å². The maximum atomic E-state index is 11.1.